The molecule has 0 saturated carbocycles. The van der Waals surface area contributed by atoms with Crippen molar-refractivity contribution in [3.05, 3.63) is 50.6 Å². The van der Waals surface area contributed by atoms with Gasteiger partial charge in [0.15, 0.2) is 20.7 Å². The van der Waals surface area contributed by atoms with Crippen LogP contribution in [0.1, 0.15) is 13.8 Å². The van der Waals surface area contributed by atoms with Crippen LogP contribution >= 0.6 is 45.1 Å². The molecule has 10 nitrogen and oxygen atoms in total. The van der Waals surface area contributed by atoms with Crippen molar-refractivity contribution < 1.29 is 9.59 Å². The average molecular weight is 567 g/mol. The van der Waals surface area contributed by atoms with E-state index in [2.05, 4.69) is 57.4 Å². The van der Waals surface area contributed by atoms with E-state index in [1.165, 1.54) is 45.1 Å². The maximum atomic E-state index is 12.3. The Kier molecular flexibility index (Phi) is 12.9. The number of hydrazone groups is 1. The second-order valence-electron chi connectivity index (χ2n) is 7.06. The lowest BCUT2D eigenvalue weighted by Gasteiger charge is -2.14. The van der Waals surface area contributed by atoms with Crippen molar-refractivity contribution >= 4 is 77.6 Å². The highest BCUT2D eigenvalue weighted by Crippen LogP contribution is 2.29. The lowest BCUT2D eigenvalue weighted by Crippen LogP contribution is -2.32. The zero-order valence-electron chi connectivity index (χ0n) is 20.3. The average Bonchev–Trinajstić information content (AvgIpc) is 3.29. The number of nitrogens with zero attached hydrogens (tertiary/aromatic N) is 6. The van der Waals surface area contributed by atoms with E-state index in [0.717, 1.165) is 0 Å². The van der Waals surface area contributed by atoms with E-state index >= 15 is 0 Å². The summed E-state index contributed by atoms with van der Waals surface area (Å²) >= 11 is 2.72. The van der Waals surface area contributed by atoms with Crippen molar-refractivity contribution in [1.82, 2.24) is 20.5 Å². The molecule has 2 aliphatic rings. The number of rotatable bonds is 10. The van der Waals surface area contributed by atoms with Gasteiger partial charge in [-0.25, -0.2) is 0 Å². The van der Waals surface area contributed by atoms with Gasteiger partial charge in [-0.05, 0) is 35.4 Å². The van der Waals surface area contributed by atoms with Gasteiger partial charge in [0.25, 0.3) is 0 Å². The standard InChI is InChI=1S/C22H30N8O2S4/c1-7-11-23-19(25-27-21-29(13-9-3)17(31)15(5)33-21)35-36-20(24-12-8-2)26-28-22-30(14-10-4)18(32)16(6)34-22/h7-10,15-16H,1-4,11-14H2,5-6H3,(H,23,25)(H,24,26). The fourth-order valence-electron chi connectivity index (χ4n) is 2.66. The molecule has 2 atom stereocenters. The van der Waals surface area contributed by atoms with E-state index in [1.54, 1.807) is 34.1 Å². The van der Waals surface area contributed by atoms with Crippen LogP contribution < -0.4 is 10.7 Å². The Balaban J connectivity index is 2.17. The van der Waals surface area contributed by atoms with Gasteiger partial charge in [-0.3, -0.25) is 29.8 Å². The molecule has 0 radical (unpaired) electrons. The van der Waals surface area contributed by atoms with Crippen LogP contribution in [0, 0.1) is 0 Å². The Bertz CT molecular complexity index is 995. The van der Waals surface area contributed by atoms with Crippen LogP contribution in [0.3, 0.4) is 0 Å². The van der Waals surface area contributed by atoms with Crippen LogP contribution in [0.4, 0.5) is 0 Å². The molecule has 0 aromatic rings. The predicted molar refractivity (Wildman–Crippen MR) is 159 cm³/mol. The Morgan fingerprint density at radius 3 is 2.08 bits per heavy atom. The fourth-order valence-corrected chi connectivity index (χ4v) is 6.12. The van der Waals surface area contributed by atoms with Crippen molar-refractivity contribution in [2.75, 3.05) is 26.2 Å². The first-order chi connectivity index (χ1) is 17.4. The van der Waals surface area contributed by atoms with Gasteiger partial charge in [-0.2, -0.15) is 0 Å². The SMILES string of the molecule is C=CCN=C(NN=C1SC(C)C(=O)N1CC=C)SSC(=NN=C1SC(C)C(=O)N1CC=C)NCC=C. The summed E-state index contributed by atoms with van der Waals surface area (Å²) in [7, 11) is 2.56. The van der Waals surface area contributed by atoms with Crippen molar-refractivity contribution in [1.29, 1.82) is 0 Å². The van der Waals surface area contributed by atoms with E-state index in [9.17, 15) is 9.59 Å². The summed E-state index contributed by atoms with van der Waals surface area (Å²) < 4.78 is 0. The van der Waals surface area contributed by atoms with Gasteiger partial charge in [0.1, 0.15) is 0 Å². The number of carbonyl (C=O) groups excluding carboxylic acids is 2. The molecule has 0 aromatic carbocycles. The number of aliphatic imine (C=N–C) groups is 1. The molecule has 2 saturated heterocycles. The number of nitrogens with one attached hydrogen (secondary N) is 2. The first-order valence-corrected chi connectivity index (χ1v) is 14.8. The summed E-state index contributed by atoms with van der Waals surface area (Å²) in [5, 5.41) is 17.8. The summed E-state index contributed by atoms with van der Waals surface area (Å²) in [6.45, 7) is 20.1. The monoisotopic (exact) mass is 566 g/mol. The molecule has 2 rings (SSSR count). The molecule has 2 amide bonds. The summed E-state index contributed by atoms with van der Waals surface area (Å²) in [4.78, 5) is 32.2. The van der Waals surface area contributed by atoms with Gasteiger partial charge in [0.2, 0.25) is 11.8 Å². The van der Waals surface area contributed by atoms with Crippen molar-refractivity contribution in [3.8, 4) is 0 Å². The van der Waals surface area contributed by atoms with Crippen LogP contribution in [-0.4, -0.2) is 79.0 Å². The largest absolute Gasteiger partial charge is 0.359 e. The molecule has 0 aromatic heterocycles. The Morgan fingerprint density at radius 2 is 1.50 bits per heavy atom. The highest BCUT2D eigenvalue weighted by atomic mass is 33.1. The molecule has 0 spiro atoms. The smallest absolute Gasteiger partial charge is 0.242 e. The lowest BCUT2D eigenvalue weighted by atomic mass is 10.4. The Labute approximate surface area is 228 Å². The third-order valence-corrected chi connectivity index (χ3v) is 8.50. The highest BCUT2D eigenvalue weighted by molar-refractivity contribution is 8.87. The van der Waals surface area contributed by atoms with Gasteiger partial charge >= 0.3 is 0 Å². The van der Waals surface area contributed by atoms with Gasteiger partial charge in [-0.1, -0.05) is 47.8 Å². The number of hydrogen-bond donors (Lipinski definition) is 2. The third-order valence-electron chi connectivity index (χ3n) is 4.31. The minimum atomic E-state index is -0.227. The maximum Gasteiger partial charge on any atom is 0.242 e. The summed E-state index contributed by atoms with van der Waals surface area (Å²) in [6, 6.07) is 0. The number of amides is 2. The van der Waals surface area contributed by atoms with Crippen LogP contribution in [0.15, 0.2) is 70.9 Å². The van der Waals surface area contributed by atoms with Crippen LogP contribution in [-0.2, 0) is 9.59 Å². The van der Waals surface area contributed by atoms with Gasteiger partial charge in [0, 0.05) is 19.6 Å². The van der Waals surface area contributed by atoms with Gasteiger partial charge < -0.3 is 5.32 Å². The zero-order chi connectivity index (χ0) is 26.5. The molecule has 2 heterocycles. The predicted octanol–water partition coefficient (Wildman–Crippen LogP) is 3.47. The van der Waals surface area contributed by atoms with Crippen LogP contribution in [0.25, 0.3) is 0 Å². The molecule has 194 valence electrons. The van der Waals surface area contributed by atoms with E-state index < -0.39 is 0 Å². The minimum Gasteiger partial charge on any atom is -0.359 e. The van der Waals surface area contributed by atoms with Crippen LogP contribution in [0.2, 0.25) is 0 Å². The molecular formula is C22H30N8O2S4. The molecule has 2 fully saturated rings. The Hall–Kier alpha value is -2.42. The third kappa shape index (κ3) is 8.61. The molecular weight excluding hydrogens is 537 g/mol. The number of hydrogen-bond acceptors (Lipinski definition) is 10. The molecule has 0 aliphatic carbocycles. The van der Waals surface area contributed by atoms with E-state index in [4.69, 9.17) is 0 Å². The summed E-state index contributed by atoms with van der Waals surface area (Å²) in [6.07, 6.45) is 6.68. The van der Waals surface area contributed by atoms with Crippen molar-refractivity contribution in [2.24, 2.45) is 20.3 Å². The fraction of sp³-hybridized carbons (Fsp3) is 0.364. The summed E-state index contributed by atoms with van der Waals surface area (Å²) in [5.41, 5.74) is 2.95. The first-order valence-electron chi connectivity index (χ1n) is 10.9. The molecule has 0 bridgehead atoms. The first kappa shape index (κ1) is 29.8. The maximum absolute atomic E-state index is 12.3. The minimum absolute atomic E-state index is 0.0164. The number of amidine groups is 4. The quantitative estimate of drug-likeness (QED) is 0.136. The van der Waals surface area contributed by atoms with Gasteiger partial charge in [-0.15, -0.1) is 41.6 Å². The van der Waals surface area contributed by atoms with Crippen LogP contribution in [0.5, 0.6) is 0 Å². The Morgan fingerprint density at radius 1 is 0.917 bits per heavy atom. The van der Waals surface area contributed by atoms with E-state index in [0.29, 0.717) is 46.8 Å². The molecule has 14 heteroatoms. The second-order valence-corrected chi connectivity index (χ2v) is 11.8. The molecule has 2 N–H and O–H groups in total. The number of carbonyl (C=O) groups is 2. The lowest BCUT2D eigenvalue weighted by molar-refractivity contribution is -0.126. The highest BCUT2D eigenvalue weighted by Gasteiger charge is 2.35. The van der Waals surface area contributed by atoms with E-state index in [1.807, 2.05) is 13.8 Å². The molecule has 2 aliphatic heterocycles. The van der Waals surface area contributed by atoms with Crippen molar-refractivity contribution in [2.45, 2.75) is 24.3 Å². The normalized spacial score (nSPS) is 22.9. The second kappa shape index (κ2) is 15.6. The molecule has 2 unspecified atom stereocenters. The number of thioether (sulfide) groups is 2. The topological polar surface area (TPSA) is 114 Å². The zero-order valence-corrected chi connectivity index (χ0v) is 23.5. The van der Waals surface area contributed by atoms with Crippen molar-refractivity contribution in [3.63, 3.8) is 0 Å². The van der Waals surface area contributed by atoms with Gasteiger partial charge in [0.05, 0.1) is 17.0 Å². The molecule has 36 heavy (non-hydrogen) atoms. The van der Waals surface area contributed by atoms with E-state index in [-0.39, 0.29) is 22.3 Å². The summed E-state index contributed by atoms with van der Waals surface area (Å²) in [5.74, 6) is -0.0426.